The van der Waals surface area contributed by atoms with Crippen LogP contribution in [0.3, 0.4) is 0 Å². The van der Waals surface area contributed by atoms with E-state index in [1.807, 2.05) is 54.6 Å². The SMILES string of the molecule is Fc1ccc(C(Sc2ccc(Oc3ccccc3)cc2)c2ccc(F)cc2)cc1. The Kier molecular flexibility index (Phi) is 5.92. The van der Waals surface area contributed by atoms with E-state index >= 15 is 0 Å². The molecule has 0 bridgehead atoms. The van der Waals surface area contributed by atoms with Gasteiger partial charge >= 0.3 is 0 Å². The van der Waals surface area contributed by atoms with Crippen molar-refractivity contribution in [2.75, 3.05) is 0 Å². The van der Waals surface area contributed by atoms with E-state index in [1.165, 1.54) is 24.3 Å². The van der Waals surface area contributed by atoms with Gasteiger partial charge in [0.2, 0.25) is 0 Å². The van der Waals surface area contributed by atoms with Crippen LogP contribution in [0.5, 0.6) is 11.5 Å². The first-order chi connectivity index (χ1) is 14.2. The zero-order valence-electron chi connectivity index (χ0n) is 15.5. The van der Waals surface area contributed by atoms with Gasteiger partial charge in [0.1, 0.15) is 23.1 Å². The van der Waals surface area contributed by atoms with Crippen molar-refractivity contribution in [1.29, 1.82) is 0 Å². The lowest BCUT2D eigenvalue weighted by Crippen LogP contribution is -1.97. The fourth-order valence-corrected chi connectivity index (χ4v) is 4.10. The number of hydrogen-bond acceptors (Lipinski definition) is 2. The first-order valence-electron chi connectivity index (χ1n) is 9.18. The molecule has 0 unspecified atom stereocenters. The zero-order chi connectivity index (χ0) is 20.1. The van der Waals surface area contributed by atoms with E-state index in [-0.39, 0.29) is 16.9 Å². The van der Waals surface area contributed by atoms with E-state index in [0.29, 0.717) is 0 Å². The predicted octanol–water partition coefficient (Wildman–Crippen LogP) is 7.64. The van der Waals surface area contributed by atoms with Crippen LogP contribution in [0.2, 0.25) is 0 Å². The van der Waals surface area contributed by atoms with Gasteiger partial charge in [-0.2, -0.15) is 0 Å². The average Bonchev–Trinajstić information content (AvgIpc) is 2.75. The van der Waals surface area contributed by atoms with Crippen LogP contribution >= 0.6 is 11.8 Å². The third-order valence-corrected chi connectivity index (χ3v) is 5.73. The van der Waals surface area contributed by atoms with Gasteiger partial charge in [-0.25, -0.2) is 8.78 Å². The fraction of sp³-hybridized carbons (Fsp3) is 0.0400. The quantitative estimate of drug-likeness (QED) is 0.305. The van der Waals surface area contributed by atoms with E-state index in [0.717, 1.165) is 27.5 Å². The smallest absolute Gasteiger partial charge is 0.127 e. The topological polar surface area (TPSA) is 9.23 Å². The number of hydrogen-bond donors (Lipinski definition) is 0. The molecule has 4 aromatic rings. The van der Waals surface area contributed by atoms with Crippen molar-refractivity contribution in [2.24, 2.45) is 0 Å². The molecule has 0 heterocycles. The molecular formula is C25H18F2OS. The molecule has 0 aliphatic rings. The monoisotopic (exact) mass is 404 g/mol. The van der Waals surface area contributed by atoms with E-state index in [4.69, 9.17) is 4.74 Å². The molecule has 0 spiro atoms. The molecule has 0 saturated heterocycles. The van der Waals surface area contributed by atoms with Gasteiger partial charge in [-0.05, 0) is 71.8 Å². The van der Waals surface area contributed by atoms with Gasteiger partial charge in [0.15, 0.2) is 0 Å². The highest BCUT2D eigenvalue weighted by Gasteiger charge is 2.16. The number of rotatable bonds is 6. The molecule has 4 rings (SSSR count). The highest BCUT2D eigenvalue weighted by molar-refractivity contribution is 7.99. The first-order valence-corrected chi connectivity index (χ1v) is 10.1. The van der Waals surface area contributed by atoms with Gasteiger partial charge in [-0.1, -0.05) is 42.5 Å². The second kappa shape index (κ2) is 8.93. The lowest BCUT2D eigenvalue weighted by molar-refractivity contribution is 0.482. The predicted molar refractivity (Wildman–Crippen MR) is 113 cm³/mol. The van der Waals surface area contributed by atoms with Crippen LogP contribution in [0.1, 0.15) is 16.4 Å². The van der Waals surface area contributed by atoms with Crippen LogP contribution in [0.4, 0.5) is 8.78 Å². The Bertz CT molecular complexity index is 1000. The van der Waals surface area contributed by atoms with Crippen molar-refractivity contribution >= 4 is 11.8 Å². The first kappa shape index (κ1) is 19.2. The van der Waals surface area contributed by atoms with Crippen molar-refractivity contribution in [3.8, 4) is 11.5 Å². The molecule has 0 radical (unpaired) electrons. The van der Waals surface area contributed by atoms with Crippen LogP contribution in [-0.2, 0) is 0 Å². The Labute approximate surface area is 173 Å². The molecule has 4 aromatic carbocycles. The standard InChI is InChI=1S/C25H18F2OS/c26-20-10-6-18(7-11-20)25(19-8-12-21(27)13-9-19)29-24-16-14-23(15-17-24)28-22-4-2-1-3-5-22/h1-17,25H. The van der Waals surface area contributed by atoms with Crippen molar-refractivity contribution in [3.05, 3.63) is 126 Å². The summed E-state index contributed by atoms with van der Waals surface area (Å²) in [6.07, 6.45) is 0. The van der Waals surface area contributed by atoms with E-state index in [2.05, 4.69) is 0 Å². The van der Waals surface area contributed by atoms with Crippen molar-refractivity contribution in [3.63, 3.8) is 0 Å². The Balaban J connectivity index is 1.57. The third-order valence-electron chi connectivity index (χ3n) is 4.40. The van der Waals surface area contributed by atoms with E-state index < -0.39 is 0 Å². The number of thioether (sulfide) groups is 1. The summed E-state index contributed by atoms with van der Waals surface area (Å²) >= 11 is 1.62. The Morgan fingerprint density at radius 1 is 0.552 bits per heavy atom. The Morgan fingerprint density at radius 3 is 1.55 bits per heavy atom. The van der Waals surface area contributed by atoms with Gasteiger partial charge in [0.05, 0.1) is 5.25 Å². The maximum absolute atomic E-state index is 13.4. The zero-order valence-corrected chi connectivity index (χ0v) is 16.3. The molecule has 0 amide bonds. The number of para-hydroxylation sites is 1. The summed E-state index contributed by atoms with van der Waals surface area (Å²) < 4.78 is 32.6. The molecule has 1 nitrogen and oxygen atoms in total. The lowest BCUT2D eigenvalue weighted by Gasteiger charge is -2.18. The highest BCUT2D eigenvalue weighted by atomic mass is 32.2. The number of ether oxygens (including phenoxy) is 1. The largest absolute Gasteiger partial charge is 0.457 e. The summed E-state index contributed by atoms with van der Waals surface area (Å²) in [5.74, 6) is 0.974. The van der Waals surface area contributed by atoms with Crippen LogP contribution in [0.15, 0.2) is 108 Å². The molecule has 0 aliphatic carbocycles. The van der Waals surface area contributed by atoms with Gasteiger partial charge < -0.3 is 4.74 Å². The maximum Gasteiger partial charge on any atom is 0.127 e. The van der Waals surface area contributed by atoms with Gasteiger partial charge in [0, 0.05) is 4.90 Å². The third kappa shape index (κ3) is 5.04. The molecule has 0 N–H and O–H groups in total. The molecule has 0 atom stereocenters. The summed E-state index contributed by atoms with van der Waals surface area (Å²) in [5.41, 5.74) is 1.90. The molecule has 0 fully saturated rings. The summed E-state index contributed by atoms with van der Waals surface area (Å²) in [6, 6.07) is 30.3. The molecule has 0 saturated carbocycles. The number of halogens is 2. The fourth-order valence-electron chi connectivity index (χ4n) is 2.95. The summed E-state index contributed by atoms with van der Waals surface area (Å²) in [6.45, 7) is 0. The van der Waals surface area contributed by atoms with Crippen molar-refractivity contribution < 1.29 is 13.5 Å². The minimum Gasteiger partial charge on any atom is -0.457 e. The van der Waals surface area contributed by atoms with Crippen LogP contribution < -0.4 is 4.74 Å². The van der Waals surface area contributed by atoms with E-state index in [1.54, 1.807) is 36.0 Å². The van der Waals surface area contributed by atoms with Crippen molar-refractivity contribution in [2.45, 2.75) is 10.1 Å². The summed E-state index contributed by atoms with van der Waals surface area (Å²) in [7, 11) is 0. The normalized spacial score (nSPS) is 10.9. The number of benzene rings is 4. The van der Waals surface area contributed by atoms with Crippen LogP contribution in [0, 0.1) is 11.6 Å². The van der Waals surface area contributed by atoms with E-state index in [9.17, 15) is 8.78 Å². The summed E-state index contributed by atoms with van der Waals surface area (Å²) in [5, 5.41) is -0.0860. The molecule has 4 heteroatoms. The maximum atomic E-state index is 13.4. The average molecular weight is 404 g/mol. The lowest BCUT2D eigenvalue weighted by atomic mass is 10.0. The Hall–Kier alpha value is -3.11. The van der Waals surface area contributed by atoms with Crippen LogP contribution in [-0.4, -0.2) is 0 Å². The second-order valence-electron chi connectivity index (χ2n) is 6.49. The molecule has 144 valence electrons. The summed E-state index contributed by atoms with van der Waals surface area (Å²) in [4.78, 5) is 1.03. The minimum atomic E-state index is -0.279. The van der Waals surface area contributed by atoms with Gasteiger partial charge in [-0.15, -0.1) is 11.8 Å². The molecule has 0 aliphatic heterocycles. The van der Waals surface area contributed by atoms with Gasteiger partial charge in [-0.3, -0.25) is 0 Å². The molecular weight excluding hydrogens is 386 g/mol. The van der Waals surface area contributed by atoms with Crippen molar-refractivity contribution in [1.82, 2.24) is 0 Å². The van der Waals surface area contributed by atoms with Crippen LogP contribution in [0.25, 0.3) is 0 Å². The molecule has 29 heavy (non-hydrogen) atoms. The Morgan fingerprint density at radius 2 is 1.03 bits per heavy atom. The minimum absolute atomic E-state index is 0.0860. The second-order valence-corrected chi connectivity index (χ2v) is 7.67. The molecule has 0 aromatic heterocycles. The van der Waals surface area contributed by atoms with Gasteiger partial charge in [0.25, 0.3) is 0 Å². The highest BCUT2D eigenvalue weighted by Crippen LogP contribution is 2.41.